The maximum absolute atomic E-state index is 14.6. The van der Waals surface area contributed by atoms with Crippen LogP contribution in [0.5, 0.6) is 0 Å². The predicted molar refractivity (Wildman–Crippen MR) is 106 cm³/mol. The molecule has 5 rings (SSSR count). The van der Waals surface area contributed by atoms with E-state index in [9.17, 15) is 5.76 Å². The number of fused-ring (bicyclic) bond motifs is 5. The zero-order valence-electron chi connectivity index (χ0n) is 24.0. The molecule has 144 valence electrons. The minimum absolute atomic E-state index is 0.0478. The first-order valence-electron chi connectivity index (χ1n) is 13.2. The van der Waals surface area contributed by atoms with Gasteiger partial charge in [0, 0.05) is 41.1 Å². The SMILES string of the molecule is [2H]C1([2H])CN2c3ccn4ncc(c4n3)C(=C)N[C@H](C)C([2H])([2H])C([2H])([2H])c3ncc(F)cc3[C@]2([2H])C1([2H])[2H]. The third-order valence-electron chi connectivity index (χ3n) is 4.58. The van der Waals surface area contributed by atoms with Crippen LogP contribution in [0.2, 0.25) is 0 Å². The maximum Gasteiger partial charge on any atom is 0.166 e. The molecule has 0 amide bonds. The van der Waals surface area contributed by atoms with E-state index in [1.807, 2.05) is 0 Å². The Morgan fingerprint density at radius 3 is 3.18 bits per heavy atom. The van der Waals surface area contributed by atoms with Crippen LogP contribution >= 0.6 is 0 Å². The van der Waals surface area contributed by atoms with Crippen molar-refractivity contribution in [2.24, 2.45) is 0 Å². The largest absolute Gasteiger partial charge is 0.382 e. The second-order valence-electron chi connectivity index (χ2n) is 6.51. The first-order chi connectivity index (χ1) is 17.0. The van der Waals surface area contributed by atoms with Crippen LogP contribution in [0.1, 0.15) is 61.2 Å². The molecule has 28 heavy (non-hydrogen) atoms. The third-order valence-corrected chi connectivity index (χ3v) is 4.58. The third kappa shape index (κ3) is 2.82. The highest BCUT2D eigenvalue weighted by atomic mass is 19.1. The summed E-state index contributed by atoms with van der Waals surface area (Å²) in [4.78, 5) is 9.34. The van der Waals surface area contributed by atoms with Crippen LogP contribution in [0.25, 0.3) is 11.3 Å². The number of hydrogen-bond acceptors (Lipinski definition) is 5. The molecule has 0 aliphatic carbocycles. The zero-order valence-corrected chi connectivity index (χ0v) is 15.0. The van der Waals surface area contributed by atoms with E-state index in [0.29, 0.717) is 11.8 Å². The van der Waals surface area contributed by atoms with Crippen molar-refractivity contribution in [3.63, 3.8) is 0 Å². The molecule has 2 aliphatic rings. The summed E-state index contributed by atoms with van der Waals surface area (Å²) in [5.74, 6) is -1.07. The van der Waals surface area contributed by atoms with E-state index in [4.69, 9.17) is 11.0 Å². The molecule has 5 heterocycles. The van der Waals surface area contributed by atoms with Crippen LogP contribution in [0.3, 0.4) is 0 Å². The van der Waals surface area contributed by atoms with Crippen LogP contribution < -0.4 is 10.2 Å². The molecule has 2 aliphatic heterocycles. The van der Waals surface area contributed by atoms with Gasteiger partial charge in [0.1, 0.15) is 11.6 Å². The number of aromatic nitrogens is 4. The lowest BCUT2D eigenvalue weighted by atomic mass is 9.98. The smallest absolute Gasteiger partial charge is 0.166 e. The van der Waals surface area contributed by atoms with E-state index in [-0.39, 0.29) is 17.2 Å². The highest BCUT2D eigenvalue weighted by Gasteiger charge is 2.30. The van der Waals surface area contributed by atoms with Crippen molar-refractivity contribution in [1.29, 1.82) is 0 Å². The van der Waals surface area contributed by atoms with Crippen LogP contribution in [0, 0.1) is 5.82 Å². The Morgan fingerprint density at radius 2 is 2.29 bits per heavy atom. The summed E-state index contributed by atoms with van der Waals surface area (Å²) < 4.78 is 94.8. The van der Waals surface area contributed by atoms with E-state index < -0.39 is 61.2 Å². The van der Waals surface area contributed by atoms with Crippen LogP contribution in [-0.2, 0) is 6.37 Å². The zero-order chi connectivity index (χ0) is 27.3. The maximum atomic E-state index is 14.6. The molecule has 6 nitrogen and oxygen atoms in total. The number of anilines is 1. The molecule has 0 radical (unpaired) electrons. The second kappa shape index (κ2) is 6.58. The number of halogens is 1. The Labute approximate surface area is 175 Å². The predicted octanol–water partition coefficient (Wildman–Crippen LogP) is 3.50. The van der Waals surface area contributed by atoms with Crippen LogP contribution in [-0.4, -0.2) is 32.2 Å². The number of nitrogens with one attached hydrogen (secondary N) is 1. The van der Waals surface area contributed by atoms with Gasteiger partial charge in [0.15, 0.2) is 5.65 Å². The summed E-state index contributed by atoms with van der Waals surface area (Å²) in [5, 5.41) is 7.04. The van der Waals surface area contributed by atoms with E-state index in [2.05, 4.69) is 27.0 Å². The van der Waals surface area contributed by atoms with E-state index in [0.717, 1.165) is 11.0 Å². The van der Waals surface area contributed by atoms with Gasteiger partial charge in [0.05, 0.1) is 25.3 Å². The molecule has 3 aromatic rings. The fraction of sp³-hybridized carbons (Fsp3) is 0.381. The van der Waals surface area contributed by atoms with Gasteiger partial charge in [-0.2, -0.15) is 5.10 Å². The van der Waals surface area contributed by atoms with Gasteiger partial charge in [-0.3, -0.25) is 4.98 Å². The van der Waals surface area contributed by atoms with Crippen molar-refractivity contribution >= 4 is 17.2 Å². The molecule has 1 N–H and O–H groups in total. The summed E-state index contributed by atoms with van der Waals surface area (Å²) >= 11 is 0. The average Bonchev–Trinajstić information content (AvgIpc) is 3.29. The molecule has 2 bridgehead atoms. The molecule has 0 spiro atoms. The molecule has 3 aromatic heterocycles. The Hall–Kier alpha value is -2.96. The van der Waals surface area contributed by atoms with Crippen molar-refractivity contribution < 1.29 is 16.7 Å². The van der Waals surface area contributed by atoms with E-state index in [1.54, 1.807) is 0 Å². The van der Waals surface area contributed by atoms with Crippen molar-refractivity contribution in [3.05, 3.63) is 59.9 Å². The number of aryl methyl sites for hydroxylation is 1. The Kier molecular flexibility index (Phi) is 2.35. The van der Waals surface area contributed by atoms with E-state index >= 15 is 0 Å². The van der Waals surface area contributed by atoms with Gasteiger partial charge >= 0.3 is 0 Å². The Balaban J connectivity index is 1.93. The molecule has 1 fully saturated rings. The summed E-state index contributed by atoms with van der Waals surface area (Å²) in [7, 11) is 0. The molecule has 0 saturated carbocycles. The number of nitrogens with zero attached hydrogens (tertiary/aromatic N) is 5. The van der Waals surface area contributed by atoms with Gasteiger partial charge in [-0.25, -0.2) is 13.9 Å². The van der Waals surface area contributed by atoms with E-state index in [1.165, 1.54) is 29.9 Å². The Bertz CT molecular complexity index is 1440. The summed E-state index contributed by atoms with van der Waals surface area (Å²) in [5.41, 5.74) is -0.635. The lowest BCUT2D eigenvalue weighted by Crippen LogP contribution is -2.26. The molecular formula is C21H23FN6. The first-order valence-corrected chi connectivity index (χ1v) is 8.71. The highest BCUT2D eigenvalue weighted by molar-refractivity contribution is 5.74. The van der Waals surface area contributed by atoms with Crippen molar-refractivity contribution in [2.75, 3.05) is 11.4 Å². The monoisotopic (exact) mass is 387 g/mol. The number of hydrogen-bond donors (Lipinski definition) is 1. The quantitative estimate of drug-likeness (QED) is 0.640. The number of rotatable bonds is 0. The highest BCUT2D eigenvalue weighted by Crippen LogP contribution is 2.37. The van der Waals surface area contributed by atoms with Crippen LogP contribution in [0.4, 0.5) is 10.2 Å². The molecule has 2 atom stereocenters. The normalized spacial score (nSPS) is 36.8. The van der Waals surface area contributed by atoms with Crippen LogP contribution in [0.15, 0.2) is 37.3 Å². The lowest BCUT2D eigenvalue weighted by Gasteiger charge is -2.27. The minimum atomic E-state index is -3.04. The van der Waals surface area contributed by atoms with Gasteiger partial charge in [0.25, 0.3) is 0 Å². The van der Waals surface area contributed by atoms with Gasteiger partial charge < -0.3 is 10.2 Å². The van der Waals surface area contributed by atoms with Crippen molar-refractivity contribution in [1.82, 2.24) is 24.9 Å². The molecule has 0 aromatic carbocycles. The Morgan fingerprint density at radius 1 is 1.39 bits per heavy atom. The lowest BCUT2D eigenvalue weighted by molar-refractivity contribution is 0.575. The van der Waals surface area contributed by atoms with Crippen molar-refractivity contribution in [2.45, 2.75) is 44.5 Å². The summed E-state index contributed by atoms with van der Waals surface area (Å²) in [6, 6.07) is -1.94. The minimum Gasteiger partial charge on any atom is -0.382 e. The number of pyridine rings is 1. The topological polar surface area (TPSA) is 58.4 Å². The molecule has 0 unspecified atom stereocenters. The summed E-state index contributed by atoms with van der Waals surface area (Å²) in [6.07, 6.45) is -7.91. The van der Waals surface area contributed by atoms with Gasteiger partial charge in [-0.05, 0) is 50.1 Å². The van der Waals surface area contributed by atoms with Gasteiger partial charge in [-0.15, -0.1) is 0 Å². The van der Waals surface area contributed by atoms with Gasteiger partial charge in [0.2, 0.25) is 0 Å². The average molecular weight is 388 g/mol. The fourth-order valence-corrected chi connectivity index (χ4v) is 3.25. The molecule has 1 saturated heterocycles. The second-order valence-corrected chi connectivity index (χ2v) is 6.51. The summed E-state index contributed by atoms with van der Waals surface area (Å²) in [6.45, 7) is 4.63. The fourth-order valence-electron chi connectivity index (χ4n) is 3.25. The molecule has 7 heteroatoms. The standard InChI is InChI=1S/C21H23FN6/c1-13-5-6-18-16(10-15(22)11-23-18)19-4-3-8-27(19)20-7-9-28-21(26-20)17(12-24-28)14(2)25-13/h7,9-13,19,25H,2-6,8H2,1H3/t13-,19+/m1/s1/i3D2,4D2,5D2,6D2,19D. The molecular weight excluding hydrogens is 355 g/mol. The van der Waals surface area contributed by atoms with Crippen molar-refractivity contribution in [3.8, 4) is 0 Å². The van der Waals surface area contributed by atoms with Gasteiger partial charge in [-0.1, -0.05) is 6.58 Å². The first kappa shape index (κ1) is 10.0.